The van der Waals surface area contributed by atoms with E-state index in [2.05, 4.69) is 16.0 Å². The van der Waals surface area contributed by atoms with Gasteiger partial charge >= 0.3 is 0 Å². The van der Waals surface area contributed by atoms with Gasteiger partial charge in [-0.25, -0.2) is 0 Å². The van der Waals surface area contributed by atoms with Gasteiger partial charge in [-0.2, -0.15) is 0 Å². The Balaban J connectivity index is 1.47. The summed E-state index contributed by atoms with van der Waals surface area (Å²) in [5.41, 5.74) is 5.29. The third-order valence-corrected chi connectivity index (χ3v) is 6.24. The van der Waals surface area contributed by atoms with E-state index in [1.165, 1.54) is 0 Å². The highest BCUT2D eigenvalue weighted by Gasteiger charge is 2.47. The maximum absolute atomic E-state index is 13.1. The number of hydrogen-bond donors (Lipinski definition) is 5. The lowest BCUT2D eigenvalue weighted by molar-refractivity contribution is -0.140. The zero-order valence-electron chi connectivity index (χ0n) is 18.2. The fourth-order valence-electron chi connectivity index (χ4n) is 4.55. The summed E-state index contributed by atoms with van der Waals surface area (Å²) >= 11 is 0. The molecule has 1 saturated heterocycles. The fraction of sp³-hybridized carbons (Fsp3) is 0.292. The lowest BCUT2D eigenvalue weighted by atomic mass is 9.90. The van der Waals surface area contributed by atoms with Crippen LogP contribution >= 0.6 is 0 Å². The molecule has 1 aliphatic carbocycles. The summed E-state index contributed by atoms with van der Waals surface area (Å²) in [5, 5.41) is 18.9. The van der Waals surface area contributed by atoms with E-state index < -0.39 is 47.6 Å². The second-order valence-corrected chi connectivity index (χ2v) is 8.35. The maximum Gasteiger partial charge on any atom is 0.287 e. The Morgan fingerprint density at radius 1 is 1.06 bits per heavy atom. The molecule has 2 aromatic carbocycles. The van der Waals surface area contributed by atoms with Gasteiger partial charge in [0, 0.05) is 23.6 Å². The van der Waals surface area contributed by atoms with Crippen LogP contribution in [-0.2, 0) is 29.6 Å². The van der Waals surface area contributed by atoms with E-state index in [9.17, 15) is 29.1 Å². The van der Waals surface area contributed by atoms with Crippen LogP contribution in [0.15, 0.2) is 48.5 Å². The molecule has 4 amide bonds. The van der Waals surface area contributed by atoms with Gasteiger partial charge in [0.05, 0.1) is 12.6 Å². The lowest BCUT2D eigenvalue weighted by Gasteiger charge is -2.25. The van der Waals surface area contributed by atoms with Crippen LogP contribution in [0.4, 0.5) is 0 Å². The smallest absolute Gasteiger partial charge is 0.287 e. The number of primary amides is 1. The number of rotatable bonds is 8. The first-order valence-corrected chi connectivity index (χ1v) is 10.8. The summed E-state index contributed by atoms with van der Waals surface area (Å²) in [5.74, 6) is -4.67. The van der Waals surface area contributed by atoms with Gasteiger partial charge in [-0.3, -0.25) is 24.0 Å². The van der Waals surface area contributed by atoms with Gasteiger partial charge in [0.1, 0.15) is 0 Å². The summed E-state index contributed by atoms with van der Waals surface area (Å²) in [4.78, 5) is 61.1. The third-order valence-electron chi connectivity index (χ3n) is 6.24. The Morgan fingerprint density at radius 2 is 1.65 bits per heavy atom. The van der Waals surface area contributed by atoms with Crippen molar-refractivity contribution in [1.29, 1.82) is 0 Å². The monoisotopic (exact) mass is 464 g/mol. The van der Waals surface area contributed by atoms with E-state index in [-0.39, 0.29) is 12.3 Å². The van der Waals surface area contributed by atoms with Crippen LogP contribution in [0.1, 0.15) is 24.0 Å². The average molecular weight is 464 g/mol. The molecule has 1 aliphatic heterocycles. The number of nitrogens with two attached hydrogens (primary N) is 1. The van der Waals surface area contributed by atoms with Gasteiger partial charge in [-0.15, -0.1) is 0 Å². The summed E-state index contributed by atoms with van der Waals surface area (Å²) in [6.45, 7) is -0.128. The maximum atomic E-state index is 13.1. The van der Waals surface area contributed by atoms with Crippen LogP contribution < -0.4 is 21.7 Å². The van der Waals surface area contributed by atoms with Crippen LogP contribution in [-0.4, -0.2) is 53.6 Å². The molecule has 6 N–H and O–H groups in total. The molecule has 1 heterocycles. The molecular formula is C24H24N4O6. The van der Waals surface area contributed by atoms with E-state index >= 15 is 0 Å². The summed E-state index contributed by atoms with van der Waals surface area (Å²) in [6, 6.07) is 12.6. The molecule has 1 fully saturated rings. The molecule has 10 heteroatoms. The highest BCUT2D eigenvalue weighted by atomic mass is 16.3. The predicted molar refractivity (Wildman–Crippen MR) is 120 cm³/mol. The van der Waals surface area contributed by atoms with Gasteiger partial charge in [-0.05, 0) is 24.0 Å². The topological polar surface area (TPSA) is 168 Å². The number of nitrogens with one attached hydrogen (secondary N) is 3. The standard InChI is InChI=1S/C24H24N4O6/c25-21(31)20(30)18(11-13-9-10-26-22(13)32)28-19(29)12-27-23(33)24(34)16-7-3-1-5-14(16)15-6-2-4-8-17(15)24/h1-8,13,18,34H,9-12H2,(H2,25,31)(H,26,32)(H,27,33)(H,28,29). The molecule has 34 heavy (non-hydrogen) atoms. The zero-order valence-corrected chi connectivity index (χ0v) is 18.2. The van der Waals surface area contributed by atoms with Crippen molar-refractivity contribution in [3.63, 3.8) is 0 Å². The van der Waals surface area contributed by atoms with Crippen molar-refractivity contribution >= 4 is 29.4 Å². The van der Waals surface area contributed by atoms with Gasteiger partial charge in [0.2, 0.25) is 17.6 Å². The van der Waals surface area contributed by atoms with Crippen LogP contribution in [0.25, 0.3) is 11.1 Å². The SMILES string of the molecule is NC(=O)C(=O)C(CC1CCNC1=O)NC(=O)CNC(=O)C1(O)c2ccccc2-c2ccccc21. The van der Waals surface area contributed by atoms with Crippen LogP contribution in [0, 0.1) is 5.92 Å². The first-order chi connectivity index (χ1) is 16.2. The molecule has 0 bridgehead atoms. The molecule has 0 radical (unpaired) electrons. The van der Waals surface area contributed by atoms with E-state index in [1.54, 1.807) is 48.5 Å². The number of aliphatic hydroxyl groups is 1. The van der Waals surface area contributed by atoms with Crippen molar-refractivity contribution < 1.29 is 29.1 Å². The molecule has 2 unspecified atom stereocenters. The van der Waals surface area contributed by atoms with E-state index in [0.717, 1.165) is 0 Å². The highest BCUT2D eigenvalue weighted by Crippen LogP contribution is 2.47. The Hall–Kier alpha value is -4.05. The molecule has 10 nitrogen and oxygen atoms in total. The van der Waals surface area contributed by atoms with Crippen molar-refractivity contribution in [3.8, 4) is 11.1 Å². The number of fused-ring (bicyclic) bond motifs is 3. The van der Waals surface area contributed by atoms with Crippen LogP contribution in [0.5, 0.6) is 0 Å². The van der Waals surface area contributed by atoms with Gasteiger partial charge in [0.15, 0.2) is 5.60 Å². The molecule has 2 aliphatic rings. The number of ketones is 1. The second-order valence-electron chi connectivity index (χ2n) is 8.35. The molecule has 0 aromatic heterocycles. The third kappa shape index (κ3) is 4.03. The Labute approximate surface area is 194 Å². The van der Waals surface area contributed by atoms with Crippen LogP contribution in [0.2, 0.25) is 0 Å². The Bertz CT molecular complexity index is 1150. The van der Waals surface area contributed by atoms with Gasteiger partial charge in [0.25, 0.3) is 11.8 Å². The lowest BCUT2D eigenvalue weighted by Crippen LogP contribution is -2.52. The highest BCUT2D eigenvalue weighted by molar-refractivity contribution is 6.37. The van der Waals surface area contributed by atoms with Gasteiger partial charge < -0.3 is 26.8 Å². The second kappa shape index (κ2) is 9.06. The molecule has 2 aromatic rings. The molecule has 0 spiro atoms. The Kier molecular flexibility index (Phi) is 6.16. The number of hydrogen-bond acceptors (Lipinski definition) is 6. The largest absolute Gasteiger partial charge is 0.372 e. The minimum absolute atomic E-state index is 0.0853. The summed E-state index contributed by atoms with van der Waals surface area (Å²) < 4.78 is 0. The molecule has 176 valence electrons. The quantitative estimate of drug-likeness (QED) is 0.317. The van der Waals surface area contributed by atoms with Crippen molar-refractivity contribution in [1.82, 2.24) is 16.0 Å². The van der Waals surface area contributed by atoms with E-state index in [1.807, 2.05) is 0 Å². The number of benzene rings is 2. The average Bonchev–Trinajstić information content (AvgIpc) is 3.36. The first-order valence-electron chi connectivity index (χ1n) is 10.8. The van der Waals surface area contributed by atoms with Gasteiger partial charge in [-0.1, -0.05) is 48.5 Å². The van der Waals surface area contributed by atoms with E-state index in [4.69, 9.17) is 5.73 Å². The predicted octanol–water partition coefficient (Wildman–Crippen LogP) is -0.915. The van der Waals surface area contributed by atoms with Crippen molar-refractivity contribution in [2.45, 2.75) is 24.5 Å². The fourth-order valence-corrected chi connectivity index (χ4v) is 4.55. The normalized spacial score (nSPS) is 18.3. The van der Waals surface area contributed by atoms with Crippen molar-refractivity contribution in [2.75, 3.05) is 13.1 Å². The number of carbonyl (C=O) groups is 5. The summed E-state index contributed by atoms with van der Waals surface area (Å²) in [7, 11) is 0. The van der Waals surface area contributed by atoms with E-state index in [0.29, 0.717) is 35.2 Å². The number of amides is 4. The molecule has 4 rings (SSSR count). The van der Waals surface area contributed by atoms with Crippen molar-refractivity contribution in [2.24, 2.45) is 11.7 Å². The molecular weight excluding hydrogens is 440 g/mol. The first kappa shape index (κ1) is 23.1. The minimum Gasteiger partial charge on any atom is -0.372 e. The summed E-state index contributed by atoms with van der Waals surface area (Å²) in [6.07, 6.45) is 0.373. The zero-order chi connectivity index (χ0) is 24.5. The van der Waals surface area contributed by atoms with Crippen LogP contribution in [0.3, 0.4) is 0 Å². The van der Waals surface area contributed by atoms with Crippen molar-refractivity contribution in [3.05, 3.63) is 59.7 Å². The minimum atomic E-state index is -2.00. The number of Topliss-reactive ketones (excluding diaryl/α,β-unsaturated/α-hetero) is 1. The number of carbonyl (C=O) groups excluding carboxylic acids is 5. The Morgan fingerprint density at radius 3 is 2.18 bits per heavy atom. The molecule has 2 atom stereocenters. The molecule has 0 saturated carbocycles.